The number of hydrogen-bond acceptors (Lipinski definition) is 3. The molecule has 3 nitrogen and oxygen atoms in total. The molecule has 2 aliphatic heterocycles. The molecule has 2 aliphatic rings. The van der Waals surface area contributed by atoms with Gasteiger partial charge >= 0.3 is 0 Å². The summed E-state index contributed by atoms with van der Waals surface area (Å²) in [5.74, 6) is 1.51. The van der Waals surface area contributed by atoms with Gasteiger partial charge in [0.05, 0.1) is 0 Å². The first-order valence-corrected chi connectivity index (χ1v) is 10.3. The van der Waals surface area contributed by atoms with Gasteiger partial charge in [-0.15, -0.1) is 0 Å². The van der Waals surface area contributed by atoms with Crippen molar-refractivity contribution in [1.82, 2.24) is 5.32 Å². The van der Waals surface area contributed by atoms with E-state index in [0.29, 0.717) is 18.6 Å². The minimum atomic E-state index is 0.531. The number of hydrogen-bond donors (Lipinski definition) is 2. The van der Waals surface area contributed by atoms with Crippen molar-refractivity contribution in [3.63, 3.8) is 0 Å². The molecule has 3 heteroatoms. The summed E-state index contributed by atoms with van der Waals surface area (Å²) in [6.07, 6.45) is 2.35. The van der Waals surface area contributed by atoms with Crippen molar-refractivity contribution >= 4 is 5.69 Å². The second-order valence-electron chi connectivity index (χ2n) is 7.72. The normalized spacial score (nSPS) is 20.6. The third-order valence-corrected chi connectivity index (χ3v) is 5.98. The van der Waals surface area contributed by atoms with Crippen molar-refractivity contribution in [2.45, 2.75) is 31.4 Å². The van der Waals surface area contributed by atoms with E-state index in [1.165, 1.54) is 40.8 Å². The van der Waals surface area contributed by atoms with Crippen LogP contribution >= 0.6 is 0 Å². The summed E-state index contributed by atoms with van der Waals surface area (Å²) in [6, 6.07) is 26.0. The van der Waals surface area contributed by atoms with Gasteiger partial charge in [-0.2, -0.15) is 0 Å². The molecule has 0 saturated carbocycles. The zero-order valence-corrected chi connectivity index (χ0v) is 16.0. The van der Waals surface area contributed by atoms with Crippen LogP contribution in [0.4, 0.5) is 5.69 Å². The Bertz CT molecular complexity index is 954. The smallest absolute Gasteiger partial charge is 0.127 e. The lowest BCUT2D eigenvalue weighted by molar-refractivity contribution is 0.307. The predicted octanol–water partition coefficient (Wildman–Crippen LogP) is 5.19. The van der Waals surface area contributed by atoms with Crippen molar-refractivity contribution in [3.05, 3.63) is 83.9 Å². The highest BCUT2D eigenvalue weighted by Gasteiger charge is 2.35. The highest BCUT2D eigenvalue weighted by Crippen LogP contribution is 2.46. The van der Waals surface area contributed by atoms with Gasteiger partial charge in [0.15, 0.2) is 0 Å². The second-order valence-corrected chi connectivity index (χ2v) is 7.72. The van der Waals surface area contributed by atoms with Crippen molar-refractivity contribution in [2.24, 2.45) is 0 Å². The van der Waals surface area contributed by atoms with Gasteiger partial charge in [0.2, 0.25) is 0 Å². The SMILES string of the molecule is c1ccc(COc2ccccc2-c2cccc3c2[C@H]2CCNCC[C@@H]2N3)cc1. The van der Waals surface area contributed by atoms with E-state index in [-0.39, 0.29) is 0 Å². The summed E-state index contributed by atoms with van der Waals surface area (Å²) >= 11 is 0. The Kier molecular flexibility index (Phi) is 4.76. The van der Waals surface area contributed by atoms with E-state index < -0.39 is 0 Å². The van der Waals surface area contributed by atoms with E-state index in [1.807, 2.05) is 6.07 Å². The zero-order valence-electron chi connectivity index (χ0n) is 16.0. The molecule has 2 heterocycles. The number of anilines is 1. The number of benzene rings is 3. The first kappa shape index (κ1) is 17.3. The molecule has 0 radical (unpaired) electrons. The molecule has 0 aromatic heterocycles. The van der Waals surface area contributed by atoms with Gasteiger partial charge in [0, 0.05) is 23.2 Å². The van der Waals surface area contributed by atoms with Gasteiger partial charge in [-0.05, 0) is 54.8 Å². The zero-order chi connectivity index (χ0) is 18.8. The van der Waals surface area contributed by atoms with Crippen LogP contribution in [0.25, 0.3) is 11.1 Å². The minimum absolute atomic E-state index is 0.531. The molecule has 0 aliphatic carbocycles. The Morgan fingerprint density at radius 1 is 0.786 bits per heavy atom. The molecule has 0 unspecified atom stereocenters. The first-order valence-electron chi connectivity index (χ1n) is 10.3. The summed E-state index contributed by atoms with van der Waals surface area (Å²) in [4.78, 5) is 0. The molecule has 0 bridgehead atoms. The predicted molar refractivity (Wildman–Crippen MR) is 115 cm³/mol. The van der Waals surface area contributed by atoms with Crippen LogP contribution < -0.4 is 15.4 Å². The van der Waals surface area contributed by atoms with E-state index in [9.17, 15) is 0 Å². The third kappa shape index (κ3) is 3.27. The van der Waals surface area contributed by atoms with E-state index in [4.69, 9.17) is 4.74 Å². The molecular formula is C25H26N2O. The molecule has 2 atom stereocenters. The number of para-hydroxylation sites is 1. The number of ether oxygens (including phenoxy) is 1. The molecule has 1 fully saturated rings. The van der Waals surface area contributed by atoms with Crippen LogP contribution in [-0.2, 0) is 6.61 Å². The maximum Gasteiger partial charge on any atom is 0.127 e. The fraction of sp³-hybridized carbons (Fsp3) is 0.280. The van der Waals surface area contributed by atoms with Gasteiger partial charge < -0.3 is 15.4 Å². The van der Waals surface area contributed by atoms with E-state index >= 15 is 0 Å². The monoisotopic (exact) mass is 370 g/mol. The van der Waals surface area contributed by atoms with Crippen LogP contribution in [0.15, 0.2) is 72.8 Å². The Hall–Kier alpha value is -2.78. The standard InChI is InChI=1S/C25H26N2O/c1-2-7-18(8-3-1)17-28-24-12-5-4-9-19(24)20-10-6-11-23-25(20)21-13-15-26-16-14-22(21)27-23/h1-12,21-22,26-27H,13-17H2/t21-,22-/m0/s1. The molecule has 142 valence electrons. The van der Waals surface area contributed by atoms with Crippen molar-refractivity contribution < 1.29 is 4.74 Å². The second kappa shape index (κ2) is 7.69. The Labute approximate surface area is 166 Å². The van der Waals surface area contributed by atoms with Crippen molar-refractivity contribution in [3.8, 4) is 16.9 Å². The van der Waals surface area contributed by atoms with Crippen LogP contribution in [0.5, 0.6) is 5.75 Å². The average molecular weight is 370 g/mol. The Morgan fingerprint density at radius 2 is 1.57 bits per heavy atom. The molecule has 1 saturated heterocycles. The molecule has 0 amide bonds. The topological polar surface area (TPSA) is 33.3 Å². The largest absolute Gasteiger partial charge is 0.488 e. The van der Waals surface area contributed by atoms with Crippen LogP contribution in [0, 0.1) is 0 Å². The summed E-state index contributed by atoms with van der Waals surface area (Å²) in [7, 11) is 0. The Morgan fingerprint density at radius 3 is 2.50 bits per heavy atom. The quantitative estimate of drug-likeness (QED) is 0.663. The molecule has 28 heavy (non-hydrogen) atoms. The molecular weight excluding hydrogens is 344 g/mol. The summed E-state index contributed by atoms with van der Waals surface area (Å²) in [5.41, 5.74) is 6.45. The summed E-state index contributed by atoms with van der Waals surface area (Å²) < 4.78 is 6.27. The van der Waals surface area contributed by atoms with Gasteiger partial charge in [-0.25, -0.2) is 0 Å². The number of rotatable bonds is 4. The highest BCUT2D eigenvalue weighted by molar-refractivity contribution is 5.81. The maximum absolute atomic E-state index is 6.27. The number of fused-ring (bicyclic) bond motifs is 3. The third-order valence-electron chi connectivity index (χ3n) is 5.98. The van der Waals surface area contributed by atoms with E-state index in [1.54, 1.807) is 0 Å². The summed E-state index contributed by atoms with van der Waals surface area (Å²) in [6.45, 7) is 2.76. The van der Waals surface area contributed by atoms with Crippen LogP contribution in [0.3, 0.4) is 0 Å². The molecule has 3 aromatic rings. The molecule has 2 N–H and O–H groups in total. The van der Waals surface area contributed by atoms with Gasteiger partial charge in [-0.3, -0.25) is 0 Å². The Balaban J connectivity index is 1.50. The minimum Gasteiger partial charge on any atom is -0.488 e. The van der Waals surface area contributed by atoms with Crippen molar-refractivity contribution in [1.29, 1.82) is 0 Å². The average Bonchev–Trinajstić information content (AvgIpc) is 2.94. The lowest BCUT2D eigenvalue weighted by atomic mass is 9.85. The van der Waals surface area contributed by atoms with Crippen LogP contribution in [0.2, 0.25) is 0 Å². The lowest BCUT2D eigenvalue weighted by Gasteiger charge is -2.19. The first-order chi connectivity index (χ1) is 13.9. The van der Waals surface area contributed by atoms with Crippen LogP contribution in [-0.4, -0.2) is 19.1 Å². The van der Waals surface area contributed by atoms with E-state index in [2.05, 4.69) is 77.4 Å². The van der Waals surface area contributed by atoms with Gasteiger partial charge in [-0.1, -0.05) is 60.7 Å². The number of nitrogens with one attached hydrogen (secondary N) is 2. The van der Waals surface area contributed by atoms with Gasteiger partial charge in [0.25, 0.3) is 0 Å². The highest BCUT2D eigenvalue weighted by atomic mass is 16.5. The fourth-order valence-corrected chi connectivity index (χ4v) is 4.64. The van der Waals surface area contributed by atoms with Gasteiger partial charge in [0.1, 0.15) is 12.4 Å². The molecule has 3 aromatic carbocycles. The summed E-state index contributed by atoms with van der Waals surface area (Å²) in [5, 5.41) is 7.33. The molecule has 5 rings (SSSR count). The van der Waals surface area contributed by atoms with Crippen LogP contribution in [0.1, 0.15) is 29.9 Å². The van der Waals surface area contributed by atoms with E-state index in [0.717, 1.165) is 18.8 Å². The maximum atomic E-state index is 6.27. The fourth-order valence-electron chi connectivity index (χ4n) is 4.64. The molecule has 0 spiro atoms. The lowest BCUT2D eigenvalue weighted by Crippen LogP contribution is -2.21. The van der Waals surface area contributed by atoms with Crippen molar-refractivity contribution in [2.75, 3.05) is 18.4 Å².